The first-order valence-electron chi connectivity index (χ1n) is 5.32. The van der Waals surface area contributed by atoms with Crippen molar-refractivity contribution in [2.75, 3.05) is 13.4 Å². The van der Waals surface area contributed by atoms with Gasteiger partial charge in [-0.05, 0) is 30.5 Å². The van der Waals surface area contributed by atoms with Crippen LogP contribution in [0.5, 0.6) is 11.5 Å². The average Bonchev–Trinajstić information content (AvgIpc) is 2.14. The average molecular weight is 258 g/mol. The Morgan fingerprint density at radius 1 is 1.18 bits per heavy atom. The summed E-state index contributed by atoms with van der Waals surface area (Å²) in [6.45, 7) is 5.79. The SMILES string of the molecule is COc1cc(C(C)C)c(OS(C)(=O)=O)cc1C. The molecule has 0 radical (unpaired) electrons. The van der Waals surface area contributed by atoms with Crippen LogP contribution >= 0.6 is 0 Å². The monoisotopic (exact) mass is 258 g/mol. The van der Waals surface area contributed by atoms with E-state index >= 15 is 0 Å². The van der Waals surface area contributed by atoms with Gasteiger partial charge in [0.1, 0.15) is 11.5 Å². The molecule has 0 aromatic heterocycles. The first-order chi connectivity index (χ1) is 7.74. The first kappa shape index (κ1) is 13.8. The van der Waals surface area contributed by atoms with E-state index in [1.54, 1.807) is 13.2 Å². The Labute approximate surface area is 103 Å². The smallest absolute Gasteiger partial charge is 0.306 e. The van der Waals surface area contributed by atoms with Crippen molar-refractivity contribution < 1.29 is 17.3 Å². The van der Waals surface area contributed by atoms with Crippen LogP contribution in [0.3, 0.4) is 0 Å². The summed E-state index contributed by atoms with van der Waals surface area (Å²) < 4.78 is 32.6. The Balaban J connectivity index is 3.33. The lowest BCUT2D eigenvalue weighted by Crippen LogP contribution is -2.08. The molecular weight excluding hydrogens is 240 g/mol. The highest BCUT2D eigenvalue weighted by Crippen LogP contribution is 2.33. The standard InChI is InChI=1S/C12H18O4S/c1-8(2)10-7-11(15-4)9(3)6-12(10)16-17(5,13)14/h6-8H,1-5H3. The second-order valence-corrected chi connectivity index (χ2v) is 5.88. The lowest BCUT2D eigenvalue weighted by Gasteiger charge is -2.15. The lowest BCUT2D eigenvalue weighted by molar-refractivity contribution is 0.409. The number of methoxy groups -OCH3 is 1. The van der Waals surface area contributed by atoms with Crippen LogP contribution in [-0.2, 0) is 10.1 Å². The molecule has 0 aliphatic rings. The van der Waals surface area contributed by atoms with E-state index in [1.165, 1.54) is 0 Å². The molecule has 0 aliphatic heterocycles. The zero-order valence-electron chi connectivity index (χ0n) is 10.8. The van der Waals surface area contributed by atoms with E-state index in [2.05, 4.69) is 0 Å². The molecule has 5 heteroatoms. The Morgan fingerprint density at radius 3 is 2.18 bits per heavy atom. The Kier molecular flexibility index (Phi) is 4.03. The van der Waals surface area contributed by atoms with E-state index in [4.69, 9.17) is 8.92 Å². The molecule has 0 spiro atoms. The fourth-order valence-corrected chi connectivity index (χ4v) is 2.05. The summed E-state index contributed by atoms with van der Waals surface area (Å²) in [5, 5.41) is 0. The van der Waals surface area contributed by atoms with Gasteiger partial charge < -0.3 is 8.92 Å². The molecule has 0 aliphatic carbocycles. The zero-order chi connectivity index (χ0) is 13.2. The van der Waals surface area contributed by atoms with Crippen molar-refractivity contribution in [2.24, 2.45) is 0 Å². The molecule has 0 saturated heterocycles. The summed E-state index contributed by atoms with van der Waals surface area (Å²) in [7, 11) is -1.92. The maximum atomic E-state index is 11.2. The van der Waals surface area contributed by atoms with Gasteiger partial charge in [-0.2, -0.15) is 8.42 Å². The molecule has 0 atom stereocenters. The second kappa shape index (κ2) is 4.96. The van der Waals surface area contributed by atoms with E-state index in [-0.39, 0.29) is 5.92 Å². The van der Waals surface area contributed by atoms with E-state index in [0.29, 0.717) is 5.75 Å². The van der Waals surface area contributed by atoms with Crippen molar-refractivity contribution in [1.82, 2.24) is 0 Å². The van der Waals surface area contributed by atoms with Crippen LogP contribution in [0.25, 0.3) is 0 Å². The highest BCUT2D eigenvalue weighted by Gasteiger charge is 2.15. The summed E-state index contributed by atoms with van der Waals surface area (Å²) in [6.07, 6.45) is 1.04. The van der Waals surface area contributed by atoms with Crippen molar-refractivity contribution in [3.63, 3.8) is 0 Å². The Bertz CT molecular complexity index is 503. The Morgan fingerprint density at radius 2 is 1.76 bits per heavy atom. The second-order valence-electron chi connectivity index (χ2n) is 4.30. The number of ether oxygens (including phenoxy) is 1. The fourth-order valence-electron chi connectivity index (χ4n) is 1.58. The first-order valence-corrected chi connectivity index (χ1v) is 7.14. The minimum Gasteiger partial charge on any atom is -0.496 e. The predicted octanol–water partition coefficient (Wildman–Crippen LogP) is 2.47. The van der Waals surface area contributed by atoms with Crippen LogP contribution in [0.15, 0.2) is 12.1 Å². The van der Waals surface area contributed by atoms with E-state index in [9.17, 15) is 8.42 Å². The summed E-state index contributed by atoms with van der Waals surface area (Å²) in [4.78, 5) is 0. The van der Waals surface area contributed by atoms with Gasteiger partial charge >= 0.3 is 10.1 Å². The molecule has 0 fully saturated rings. The van der Waals surface area contributed by atoms with Crippen molar-refractivity contribution in [3.05, 3.63) is 23.3 Å². The molecular formula is C12H18O4S. The summed E-state index contributed by atoms with van der Waals surface area (Å²) >= 11 is 0. The van der Waals surface area contributed by atoms with Crippen LogP contribution in [0.1, 0.15) is 30.9 Å². The third-order valence-corrected chi connectivity index (χ3v) is 2.87. The van der Waals surface area contributed by atoms with E-state index in [0.717, 1.165) is 23.1 Å². The molecule has 17 heavy (non-hydrogen) atoms. The fraction of sp³-hybridized carbons (Fsp3) is 0.500. The highest BCUT2D eigenvalue weighted by molar-refractivity contribution is 7.86. The van der Waals surface area contributed by atoms with Gasteiger partial charge in [-0.25, -0.2) is 0 Å². The number of benzene rings is 1. The normalized spacial score (nSPS) is 11.6. The van der Waals surface area contributed by atoms with Crippen molar-refractivity contribution >= 4 is 10.1 Å². The number of rotatable bonds is 4. The molecule has 0 N–H and O–H groups in total. The molecule has 1 aromatic rings. The molecule has 0 saturated carbocycles. The van der Waals surface area contributed by atoms with Gasteiger partial charge in [0, 0.05) is 5.56 Å². The molecule has 0 heterocycles. The van der Waals surface area contributed by atoms with Crippen LogP contribution in [0, 0.1) is 6.92 Å². The molecule has 4 nitrogen and oxygen atoms in total. The largest absolute Gasteiger partial charge is 0.496 e. The van der Waals surface area contributed by atoms with Gasteiger partial charge in [-0.15, -0.1) is 0 Å². The van der Waals surface area contributed by atoms with Gasteiger partial charge in [-0.3, -0.25) is 0 Å². The summed E-state index contributed by atoms with van der Waals surface area (Å²) in [5.41, 5.74) is 1.66. The maximum absolute atomic E-state index is 11.2. The van der Waals surface area contributed by atoms with Gasteiger partial charge in [0.15, 0.2) is 0 Å². The molecule has 0 bridgehead atoms. The lowest BCUT2D eigenvalue weighted by atomic mass is 10.00. The van der Waals surface area contributed by atoms with Crippen LogP contribution in [0.4, 0.5) is 0 Å². The van der Waals surface area contributed by atoms with Gasteiger partial charge in [0.05, 0.1) is 13.4 Å². The topological polar surface area (TPSA) is 52.6 Å². The van der Waals surface area contributed by atoms with Gasteiger partial charge in [-0.1, -0.05) is 13.8 Å². The highest BCUT2D eigenvalue weighted by atomic mass is 32.2. The summed E-state index contributed by atoms with van der Waals surface area (Å²) in [6, 6.07) is 3.51. The molecule has 1 rings (SSSR count). The van der Waals surface area contributed by atoms with Crippen molar-refractivity contribution in [1.29, 1.82) is 0 Å². The predicted molar refractivity (Wildman–Crippen MR) is 67.3 cm³/mol. The van der Waals surface area contributed by atoms with Crippen molar-refractivity contribution in [3.8, 4) is 11.5 Å². The van der Waals surface area contributed by atoms with E-state index < -0.39 is 10.1 Å². The third-order valence-electron chi connectivity index (χ3n) is 2.39. The zero-order valence-corrected chi connectivity index (χ0v) is 11.6. The van der Waals surface area contributed by atoms with Gasteiger partial charge in [0.25, 0.3) is 0 Å². The molecule has 96 valence electrons. The minimum absolute atomic E-state index is 0.154. The number of hydrogen-bond acceptors (Lipinski definition) is 4. The molecule has 0 unspecified atom stereocenters. The Hall–Kier alpha value is -1.23. The van der Waals surface area contributed by atoms with Crippen molar-refractivity contribution in [2.45, 2.75) is 26.7 Å². The molecule has 1 aromatic carbocycles. The molecule has 0 amide bonds. The van der Waals surface area contributed by atoms with Crippen LogP contribution < -0.4 is 8.92 Å². The van der Waals surface area contributed by atoms with E-state index in [1.807, 2.05) is 26.8 Å². The van der Waals surface area contributed by atoms with Crippen LogP contribution in [0.2, 0.25) is 0 Å². The minimum atomic E-state index is -3.51. The number of hydrogen-bond donors (Lipinski definition) is 0. The third kappa shape index (κ3) is 3.63. The maximum Gasteiger partial charge on any atom is 0.306 e. The summed E-state index contributed by atoms with van der Waals surface area (Å²) in [5.74, 6) is 1.26. The van der Waals surface area contributed by atoms with Crippen LogP contribution in [-0.4, -0.2) is 21.8 Å². The quantitative estimate of drug-likeness (QED) is 0.778. The van der Waals surface area contributed by atoms with Gasteiger partial charge in [0.2, 0.25) is 0 Å². The number of aryl methyl sites for hydroxylation is 1.